The average molecular weight is 713 g/mol. The minimum atomic E-state index is -0.282. The topological polar surface area (TPSA) is 124 Å². The molecule has 10 heteroatoms. The zero-order valence-corrected chi connectivity index (χ0v) is 30.9. The molecule has 2 aliphatic heterocycles. The monoisotopic (exact) mass is 712 g/mol. The van der Waals surface area contributed by atoms with Gasteiger partial charge in [-0.3, -0.25) is 9.59 Å². The van der Waals surface area contributed by atoms with Crippen LogP contribution in [0.3, 0.4) is 0 Å². The van der Waals surface area contributed by atoms with Gasteiger partial charge in [-0.25, -0.2) is 0 Å². The van der Waals surface area contributed by atoms with E-state index in [1.165, 1.54) is 18.4 Å². The van der Waals surface area contributed by atoms with Gasteiger partial charge in [0.15, 0.2) is 12.4 Å². The molecule has 0 aromatic heterocycles. The van der Waals surface area contributed by atoms with E-state index in [4.69, 9.17) is 9.47 Å². The maximum absolute atomic E-state index is 13.6. The van der Waals surface area contributed by atoms with E-state index in [0.717, 1.165) is 62.0 Å². The predicted molar refractivity (Wildman–Crippen MR) is 203 cm³/mol. The summed E-state index contributed by atoms with van der Waals surface area (Å²) in [6.07, 6.45) is 8.30. The van der Waals surface area contributed by atoms with Crippen molar-refractivity contribution in [2.24, 2.45) is 5.41 Å². The summed E-state index contributed by atoms with van der Waals surface area (Å²) in [7, 11) is 2.16. The lowest BCUT2D eigenvalue weighted by atomic mass is 9.67. The molecule has 2 fully saturated rings. The summed E-state index contributed by atoms with van der Waals surface area (Å²) < 4.78 is 11.7. The number of aromatic hydroxyl groups is 2. The first-order valence-corrected chi connectivity index (χ1v) is 19.1. The van der Waals surface area contributed by atoms with Gasteiger partial charge in [-0.2, -0.15) is 0 Å². The van der Waals surface area contributed by atoms with Gasteiger partial charge in [-0.15, -0.1) is 0 Å². The molecule has 10 nitrogen and oxygen atoms in total. The Balaban J connectivity index is 0.996. The SMILES string of the molecule is CN1CCC(c2ccccc2)(c2cc(CCOCCC(=O)N(CCNCCc3ccc(O)c4c3OCC(=O)N4)CC3(C)CCCC3)ccc2O)CC1. The molecule has 0 spiro atoms. The summed E-state index contributed by atoms with van der Waals surface area (Å²) in [4.78, 5) is 29.7. The third-order valence-corrected chi connectivity index (χ3v) is 11.4. The van der Waals surface area contributed by atoms with Crippen molar-refractivity contribution in [3.63, 3.8) is 0 Å². The van der Waals surface area contributed by atoms with E-state index in [0.29, 0.717) is 69.3 Å². The van der Waals surface area contributed by atoms with Gasteiger partial charge in [0, 0.05) is 30.6 Å². The number of anilines is 1. The molecule has 1 aliphatic carbocycles. The zero-order chi connectivity index (χ0) is 36.6. The molecule has 6 rings (SSSR count). The van der Waals surface area contributed by atoms with Crippen LogP contribution in [0.4, 0.5) is 5.69 Å². The van der Waals surface area contributed by atoms with Crippen LogP contribution in [-0.2, 0) is 32.6 Å². The van der Waals surface area contributed by atoms with Crippen molar-refractivity contribution in [2.45, 2.75) is 70.1 Å². The molecule has 0 atom stereocenters. The highest BCUT2D eigenvalue weighted by atomic mass is 16.5. The number of piperidine rings is 1. The van der Waals surface area contributed by atoms with Gasteiger partial charge in [-0.05, 0) is 99.4 Å². The fourth-order valence-electron chi connectivity index (χ4n) is 8.32. The molecule has 4 N–H and O–H groups in total. The molecule has 3 aromatic carbocycles. The zero-order valence-electron chi connectivity index (χ0n) is 30.9. The Morgan fingerprint density at radius 1 is 0.962 bits per heavy atom. The van der Waals surface area contributed by atoms with Crippen LogP contribution in [0.1, 0.15) is 74.1 Å². The summed E-state index contributed by atoms with van der Waals surface area (Å²) in [6, 6.07) is 20.0. The molecular weight excluding hydrogens is 656 g/mol. The highest BCUT2D eigenvalue weighted by molar-refractivity contribution is 5.97. The van der Waals surface area contributed by atoms with Crippen LogP contribution in [-0.4, -0.2) is 98.0 Å². The number of ether oxygens (including phenoxy) is 2. The van der Waals surface area contributed by atoms with Crippen LogP contribution in [0.5, 0.6) is 17.2 Å². The summed E-state index contributed by atoms with van der Waals surface area (Å²) in [5.41, 5.74) is 4.52. The molecule has 280 valence electrons. The number of nitrogens with zero attached hydrogens (tertiary/aromatic N) is 2. The van der Waals surface area contributed by atoms with Crippen LogP contribution < -0.4 is 15.4 Å². The van der Waals surface area contributed by atoms with Crippen LogP contribution in [0.15, 0.2) is 60.7 Å². The normalized spacial score (nSPS) is 18.0. The van der Waals surface area contributed by atoms with Gasteiger partial charge in [0.05, 0.1) is 19.6 Å². The smallest absolute Gasteiger partial charge is 0.262 e. The molecule has 2 amide bonds. The number of hydrogen-bond donors (Lipinski definition) is 4. The Hall–Kier alpha value is -4.12. The number of amides is 2. The lowest BCUT2D eigenvalue weighted by molar-refractivity contribution is -0.133. The number of phenols is 2. The van der Waals surface area contributed by atoms with Gasteiger partial charge in [0.25, 0.3) is 5.91 Å². The number of carbonyl (C=O) groups is 2. The Labute approximate surface area is 308 Å². The predicted octanol–water partition coefficient (Wildman–Crippen LogP) is 5.63. The third kappa shape index (κ3) is 9.08. The van der Waals surface area contributed by atoms with Crippen molar-refractivity contribution in [1.29, 1.82) is 0 Å². The van der Waals surface area contributed by atoms with E-state index in [1.54, 1.807) is 6.07 Å². The second-order valence-electron chi connectivity index (χ2n) is 15.3. The standard InChI is InChI=1S/C42H56N4O6/c1-41(17-6-7-18-41)30-46(25-22-43-21-14-32-11-13-36(48)39-40(32)52-29-37(49)44-39)38(50)16-27-51-26-15-31-10-12-35(47)34(28-31)42(19-23-45(2)24-20-42)33-8-4-3-5-9-33/h3-5,8-13,28,43,47-48H,6-7,14-27,29-30H2,1-2H3,(H,44,49). The first kappa shape index (κ1) is 37.6. The highest BCUT2D eigenvalue weighted by Gasteiger charge is 2.39. The number of nitrogens with one attached hydrogen (secondary N) is 2. The first-order valence-electron chi connectivity index (χ1n) is 19.1. The van der Waals surface area contributed by atoms with E-state index in [1.807, 2.05) is 29.2 Å². The van der Waals surface area contributed by atoms with Crippen molar-refractivity contribution >= 4 is 17.5 Å². The number of hydrogen-bond acceptors (Lipinski definition) is 8. The molecule has 0 radical (unpaired) electrons. The quantitative estimate of drug-likeness (QED) is 0.111. The lowest BCUT2D eigenvalue weighted by Gasteiger charge is -2.42. The van der Waals surface area contributed by atoms with Gasteiger partial charge >= 0.3 is 0 Å². The van der Waals surface area contributed by atoms with Gasteiger partial charge in [0.2, 0.25) is 5.91 Å². The average Bonchev–Trinajstić information content (AvgIpc) is 3.59. The summed E-state index contributed by atoms with van der Waals surface area (Å²) in [5.74, 6) is 0.692. The van der Waals surface area contributed by atoms with Crippen molar-refractivity contribution in [2.75, 3.05) is 71.5 Å². The Morgan fingerprint density at radius 3 is 2.48 bits per heavy atom. The second-order valence-corrected chi connectivity index (χ2v) is 15.3. The molecular formula is C42H56N4O6. The Kier molecular flexibility index (Phi) is 12.4. The second kappa shape index (κ2) is 17.1. The minimum absolute atomic E-state index is 0.00689. The third-order valence-electron chi connectivity index (χ3n) is 11.4. The van der Waals surface area contributed by atoms with Gasteiger partial charge < -0.3 is 40.1 Å². The molecule has 2 heterocycles. The van der Waals surface area contributed by atoms with Gasteiger partial charge in [0.1, 0.15) is 17.2 Å². The number of rotatable bonds is 16. The number of carbonyl (C=O) groups excluding carboxylic acids is 2. The van der Waals surface area contributed by atoms with Crippen molar-refractivity contribution < 1.29 is 29.3 Å². The molecule has 3 aromatic rings. The van der Waals surface area contributed by atoms with E-state index < -0.39 is 0 Å². The maximum atomic E-state index is 13.6. The number of likely N-dealkylation sites (tertiary alicyclic amines) is 1. The first-order chi connectivity index (χ1) is 25.2. The van der Waals surface area contributed by atoms with Crippen LogP contribution in [0.2, 0.25) is 0 Å². The number of phenolic OH excluding ortho intramolecular Hbond substituents is 2. The molecule has 1 saturated heterocycles. The van der Waals surface area contributed by atoms with Crippen molar-refractivity contribution in [3.8, 4) is 17.2 Å². The van der Waals surface area contributed by atoms with E-state index >= 15 is 0 Å². The Bertz CT molecular complexity index is 1670. The van der Waals surface area contributed by atoms with E-state index in [-0.39, 0.29) is 35.0 Å². The molecule has 0 bridgehead atoms. The van der Waals surface area contributed by atoms with Crippen LogP contribution in [0, 0.1) is 5.41 Å². The van der Waals surface area contributed by atoms with Crippen molar-refractivity contribution in [3.05, 3.63) is 82.9 Å². The molecule has 1 saturated carbocycles. The van der Waals surface area contributed by atoms with E-state index in [2.05, 4.69) is 59.8 Å². The fourth-order valence-corrected chi connectivity index (χ4v) is 8.32. The van der Waals surface area contributed by atoms with Crippen molar-refractivity contribution in [1.82, 2.24) is 15.1 Å². The molecule has 3 aliphatic rings. The van der Waals surface area contributed by atoms with Crippen LogP contribution in [0.25, 0.3) is 0 Å². The fraction of sp³-hybridized carbons (Fsp3) is 0.524. The summed E-state index contributed by atoms with van der Waals surface area (Å²) >= 11 is 0. The Morgan fingerprint density at radius 2 is 1.71 bits per heavy atom. The number of fused-ring (bicyclic) bond motifs is 1. The molecule has 52 heavy (non-hydrogen) atoms. The largest absolute Gasteiger partial charge is 0.508 e. The van der Waals surface area contributed by atoms with E-state index in [9.17, 15) is 19.8 Å². The number of benzene rings is 3. The lowest BCUT2D eigenvalue weighted by Crippen LogP contribution is -2.43. The molecule has 0 unspecified atom stereocenters. The minimum Gasteiger partial charge on any atom is -0.508 e. The highest BCUT2D eigenvalue weighted by Crippen LogP contribution is 2.45. The maximum Gasteiger partial charge on any atom is 0.262 e. The van der Waals surface area contributed by atoms with Gasteiger partial charge in [-0.1, -0.05) is 68.3 Å². The van der Waals surface area contributed by atoms with Crippen LogP contribution >= 0.6 is 0 Å². The summed E-state index contributed by atoms with van der Waals surface area (Å²) in [6.45, 7) is 7.74. The summed E-state index contributed by atoms with van der Waals surface area (Å²) in [5, 5.41) is 27.4.